The predicted molar refractivity (Wildman–Crippen MR) is 94.0 cm³/mol. The maximum absolute atomic E-state index is 12.2. The highest BCUT2D eigenvalue weighted by Crippen LogP contribution is 2.28. The number of carbonyl (C=O) groups is 1. The van der Waals surface area contributed by atoms with Crippen LogP contribution >= 0.6 is 0 Å². The third kappa shape index (κ3) is 4.31. The molecule has 1 fully saturated rings. The highest BCUT2D eigenvalue weighted by molar-refractivity contribution is 5.95. The molecule has 1 aliphatic rings. The van der Waals surface area contributed by atoms with Gasteiger partial charge in [-0.3, -0.25) is 4.79 Å². The Balaban J connectivity index is 1.54. The Bertz CT molecular complexity index is 649. The van der Waals surface area contributed by atoms with Crippen LogP contribution in [-0.2, 0) is 15.9 Å². The predicted octanol–water partition coefficient (Wildman–Crippen LogP) is 4.72. The van der Waals surface area contributed by atoms with Crippen molar-refractivity contribution in [2.45, 2.75) is 45.0 Å². The SMILES string of the molecule is CCc1ccc(C2OCCC(CCC(=O)c3ccccc3)O2)cc1. The van der Waals surface area contributed by atoms with Crippen LogP contribution < -0.4 is 0 Å². The van der Waals surface area contributed by atoms with Gasteiger partial charge in [0, 0.05) is 17.5 Å². The molecule has 0 saturated carbocycles. The van der Waals surface area contributed by atoms with Crippen LogP contribution in [0.4, 0.5) is 0 Å². The molecule has 1 saturated heterocycles. The quantitative estimate of drug-likeness (QED) is 0.722. The Hall–Kier alpha value is -1.97. The van der Waals surface area contributed by atoms with Crippen LogP contribution in [0.1, 0.15) is 54.0 Å². The first-order chi connectivity index (χ1) is 11.8. The molecule has 0 bridgehead atoms. The molecule has 0 amide bonds. The molecule has 2 unspecified atom stereocenters. The number of hydrogen-bond donors (Lipinski definition) is 0. The summed E-state index contributed by atoms with van der Waals surface area (Å²) in [4.78, 5) is 12.2. The van der Waals surface area contributed by atoms with Crippen molar-refractivity contribution in [3.8, 4) is 0 Å². The first-order valence-corrected chi connectivity index (χ1v) is 8.70. The van der Waals surface area contributed by atoms with Gasteiger partial charge in [-0.15, -0.1) is 0 Å². The van der Waals surface area contributed by atoms with Crippen LogP contribution in [0.15, 0.2) is 54.6 Å². The Labute approximate surface area is 143 Å². The summed E-state index contributed by atoms with van der Waals surface area (Å²) in [6, 6.07) is 17.8. The van der Waals surface area contributed by atoms with Gasteiger partial charge in [0.15, 0.2) is 12.1 Å². The molecule has 1 aliphatic heterocycles. The van der Waals surface area contributed by atoms with Crippen LogP contribution in [-0.4, -0.2) is 18.5 Å². The summed E-state index contributed by atoms with van der Waals surface area (Å²) in [5.41, 5.74) is 3.13. The standard InChI is InChI=1S/C21H24O3/c1-2-16-8-10-18(11-9-16)21-23-15-14-19(24-21)12-13-20(22)17-6-4-3-5-7-17/h3-11,19,21H,2,12-15H2,1H3. The molecule has 0 N–H and O–H groups in total. The molecule has 3 nitrogen and oxygen atoms in total. The summed E-state index contributed by atoms with van der Waals surface area (Å²) in [5.74, 6) is 0.176. The topological polar surface area (TPSA) is 35.5 Å². The zero-order chi connectivity index (χ0) is 16.8. The highest BCUT2D eigenvalue weighted by Gasteiger charge is 2.24. The Morgan fingerprint density at radius 2 is 1.83 bits per heavy atom. The molecule has 0 aliphatic carbocycles. The highest BCUT2D eigenvalue weighted by atomic mass is 16.7. The lowest BCUT2D eigenvalue weighted by atomic mass is 10.0. The molecule has 126 valence electrons. The second-order valence-electron chi connectivity index (χ2n) is 6.17. The minimum atomic E-state index is -0.318. The molecule has 0 aromatic heterocycles. The van der Waals surface area contributed by atoms with Crippen molar-refractivity contribution in [3.05, 3.63) is 71.3 Å². The zero-order valence-electron chi connectivity index (χ0n) is 14.1. The van der Waals surface area contributed by atoms with Gasteiger partial charge < -0.3 is 9.47 Å². The monoisotopic (exact) mass is 324 g/mol. The average Bonchev–Trinajstić information content (AvgIpc) is 2.67. The van der Waals surface area contributed by atoms with E-state index in [1.54, 1.807) is 0 Å². The fraction of sp³-hybridized carbons (Fsp3) is 0.381. The Morgan fingerprint density at radius 3 is 2.54 bits per heavy atom. The van der Waals surface area contributed by atoms with E-state index in [2.05, 4.69) is 31.2 Å². The summed E-state index contributed by atoms with van der Waals surface area (Å²) in [5, 5.41) is 0. The molecule has 2 aromatic carbocycles. The van der Waals surface area contributed by atoms with Crippen molar-refractivity contribution >= 4 is 5.78 Å². The lowest BCUT2D eigenvalue weighted by Crippen LogP contribution is -2.27. The normalized spacial score (nSPS) is 20.7. The van der Waals surface area contributed by atoms with Crippen LogP contribution in [0.3, 0.4) is 0 Å². The zero-order valence-corrected chi connectivity index (χ0v) is 14.1. The first kappa shape index (κ1) is 16.9. The van der Waals surface area contributed by atoms with Crippen molar-refractivity contribution in [1.82, 2.24) is 0 Å². The van der Waals surface area contributed by atoms with E-state index in [1.807, 2.05) is 30.3 Å². The molecular weight excluding hydrogens is 300 g/mol. The van der Waals surface area contributed by atoms with E-state index < -0.39 is 0 Å². The van der Waals surface area contributed by atoms with E-state index in [-0.39, 0.29) is 18.2 Å². The van der Waals surface area contributed by atoms with Crippen molar-refractivity contribution < 1.29 is 14.3 Å². The number of benzene rings is 2. The van der Waals surface area contributed by atoms with Crippen LogP contribution in [0.2, 0.25) is 0 Å². The average molecular weight is 324 g/mol. The van der Waals surface area contributed by atoms with Gasteiger partial charge in [0.25, 0.3) is 0 Å². The minimum Gasteiger partial charge on any atom is -0.348 e. The van der Waals surface area contributed by atoms with Crippen LogP contribution in [0, 0.1) is 0 Å². The molecule has 2 atom stereocenters. The van der Waals surface area contributed by atoms with Crippen LogP contribution in [0.5, 0.6) is 0 Å². The van der Waals surface area contributed by atoms with Gasteiger partial charge in [0.1, 0.15) is 0 Å². The largest absolute Gasteiger partial charge is 0.348 e. The summed E-state index contributed by atoms with van der Waals surface area (Å²) < 4.78 is 11.8. The molecular formula is C21H24O3. The minimum absolute atomic E-state index is 0.0715. The number of ketones is 1. The van der Waals surface area contributed by atoms with Gasteiger partial charge in [0.05, 0.1) is 12.7 Å². The Kier molecular flexibility index (Phi) is 5.78. The first-order valence-electron chi connectivity index (χ1n) is 8.70. The molecule has 0 radical (unpaired) electrons. The molecule has 3 rings (SSSR count). The van der Waals surface area contributed by atoms with E-state index >= 15 is 0 Å². The smallest absolute Gasteiger partial charge is 0.184 e. The second-order valence-corrected chi connectivity index (χ2v) is 6.17. The van der Waals surface area contributed by atoms with Gasteiger partial charge in [-0.05, 0) is 24.8 Å². The van der Waals surface area contributed by atoms with E-state index in [0.29, 0.717) is 13.0 Å². The summed E-state index contributed by atoms with van der Waals surface area (Å²) in [7, 11) is 0. The lowest BCUT2D eigenvalue weighted by molar-refractivity contribution is -0.218. The second kappa shape index (κ2) is 8.22. The van der Waals surface area contributed by atoms with Gasteiger partial charge in [-0.2, -0.15) is 0 Å². The number of hydrogen-bond acceptors (Lipinski definition) is 3. The van der Waals surface area contributed by atoms with Crippen molar-refractivity contribution in [1.29, 1.82) is 0 Å². The van der Waals surface area contributed by atoms with E-state index in [4.69, 9.17) is 9.47 Å². The maximum Gasteiger partial charge on any atom is 0.184 e. The molecule has 0 spiro atoms. The third-order valence-electron chi connectivity index (χ3n) is 4.47. The number of aryl methyl sites for hydroxylation is 1. The fourth-order valence-electron chi connectivity index (χ4n) is 2.95. The Morgan fingerprint density at radius 1 is 1.08 bits per heavy atom. The van der Waals surface area contributed by atoms with Gasteiger partial charge >= 0.3 is 0 Å². The summed E-state index contributed by atoms with van der Waals surface area (Å²) in [6.07, 6.45) is 2.86. The number of ether oxygens (including phenoxy) is 2. The third-order valence-corrected chi connectivity index (χ3v) is 4.47. The van der Waals surface area contributed by atoms with Crippen LogP contribution in [0.25, 0.3) is 0 Å². The van der Waals surface area contributed by atoms with Gasteiger partial charge in [0.2, 0.25) is 0 Å². The lowest BCUT2D eigenvalue weighted by Gasteiger charge is -2.30. The molecule has 2 aromatic rings. The number of rotatable bonds is 6. The van der Waals surface area contributed by atoms with Crippen molar-refractivity contribution in [2.24, 2.45) is 0 Å². The van der Waals surface area contributed by atoms with E-state index in [1.165, 1.54) is 5.56 Å². The molecule has 1 heterocycles. The van der Waals surface area contributed by atoms with E-state index in [0.717, 1.165) is 30.4 Å². The maximum atomic E-state index is 12.2. The molecule has 24 heavy (non-hydrogen) atoms. The fourth-order valence-corrected chi connectivity index (χ4v) is 2.95. The van der Waals surface area contributed by atoms with Crippen molar-refractivity contribution in [3.63, 3.8) is 0 Å². The summed E-state index contributed by atoms with van der Waals surface area (Å²) in [6.45, 7) is 2.81. The van der Waals surface area contributed by atoms with E-state index in [9.17, 15) is 4.79 Å². The van der Waals surface area contributed by atoms with Crippen molar-refractivity contribution in [2.75, 3.05) is 6.61 Å². The van der Waals surface area contributed by atoms with Gasteiger partial charge in [-0.25, -0.2) is 0 Å². The molecule has 3 heteroatoms. The summed E-state index contributed by atoms with van der Waals surface area (Å²) >= 11 is 0. The number of Topliss-reactive ketones (excluding diaryl/α,β-unsaturated/α-hetero) is 1. The number of carbonyl (C=O) groups excluding carboxylic acids is 1. The van der Waals surface area contributed by atoms with Gasteiger partial charge in [-0.1, -0.05) is 61.5 Å².